The highest BCUT2D eigenvalue weighted by Gasteiger charge is 2.33. The Balaban J connectivity index is 1.60. The molecule has 0 bridgehead atoms. The van der Waals surface area contributed by atoms with E-state index in [2.05, 4.69) is 5.32 Å². The van der Waals surface area contributed by atoms with Crippen molar-refractivity contribution in [1.82, 2.24) is 0 Å². The summed E-state index contributed by atoms with van der Waals surface area (Å²) < 4.78 is 67.9. The highest BCUT2D eigenvalue weighted by atomic mass is 35.5. The lowest BCUT2D eigenvalue weighted by molar-refractivity contribution is -0.137. The molecule has 1 amide bonds. The van der Waals surface area contributed by atoms with Gasteiger partial charge in [0.1, 0.15) is 6.54 Å². The van der Waals surface area contributed by atoms with E-state index in [9.17, 15) is 26.4 Å². The minimum Gasteiger partial charge on any atom is -0.323 e. The molecule has 0 unspecified atom stereocenters. The van der Waals surface area contributed by atoms with Crippen LogP contribution in [0.25, 0.3) is 0 Å². The summed E-state index contributed by atoms with van der Waals surface area (Å²) in [4.78, 5) is 13.7. The Hall–Kier alpha value is -3.47. The van der Waals surface area contributed by atoms with E-state index in [-0.39, 0.29) is 10.6 Å². The summed E-state index contributed by atoms with van der Waals surface area (Å²) in [6.07, 6.45) is -4.69. The summed E-state index contributed by atoms with van der Waals surface area (Å²) in [5.41, 5.74) is 0.143. The summed E-state index contributed by atoms with van der Waals surface area (Å²) in [6, 6.07) is 25.4. The van der Waals surface area contributed by atoms with E-state index < -0.39 is 34.2 Å². The largest absolute Gasteiger partial charge is 0.416 e. The predicted molar refractivity (Wildman–Crippen MR) is 149 cm³/mol. The molecule has 202 valence electrons. The number of rotatable bonds is 9. The molecule has 0 saturated carbocycles. The number of thioether (sulfide) groups is 1. The van der Waals surface area contributed by atoms with Gasteiger partial charge in [0.05, 0.1) is 21.8 Å². The van der Waals surface area contributed by atoms with Crippen molar-refractivity contribution >= 4 is 50.7 Å². The first kappa shape index (κ1) is 28.5. The Morgan fingerprint density at radius 3 is 2.23 bits per heavy atom. The van der Waals surface area contributed by atoms with Gasteiger partial charge in [-0.3, -0.25) is 9.10 Å². The maximum Gasteiger partial charge on any atom is 0.416 e. The standard InChI is InChI=1S/C28H22ClF3N2O3S2/c29-22-15-13-20(14-16-22)19-38-26-12-5-4-11-25(26)33-27(35)18-34(39(36,37)24-9-2-1-3-10-24)23-8-6-7-21(17-23)28(30,31)32/h1-17H,18-19H2,(H,33,35). The monoisotopic (exact) mass is 590 g/mol. The minimum absolute atomic E-state index is 0.158. The van der Waals surface area contributed by atoms with Gasteiger partial charge in [-0.1, -0.05) is 60.1 Å². The van der Waals surface area contributed by atoms with E-state index in [4.69, 9.17) is 11.6 Å². The Labute approximate surface area is 233 Å². The Kier molecular flexibility index (Phi) is 8.89. The summed E-state index contributed by atoms with van der Waals surface area (Å²) >= 11 is 7.40. The molecule has 5 nitrogen and oxygen atoms in total. The molecule has 0 aliphatic rings. The fraction of sp³-hybridized carbons (Fsp3) is 0.107. The van der Waals surface area contributed by atoms with E-state index in [0.29, 0.717) is 26.8 Å². The van der Waals surface area contributed by atoms with Gasteiger partial charge >= 0.3 is 6.18 Å². The van der Waals surface area contributed by atoms with Crippen molar-refractivity contribution in [1.29, 1.82) is 0 Å². The molecular formula is C28H22ClF3N2O3S2. The molecule has 0 radical (unpaired) electrons. The van der Waals surface area contributed by atoms with Crippen LogP contribution >= 0.6 is 23.4 Å². The number of carbonyl (C=O) groups is 1. The molecule has 0 fully saturated rings. The van der Waals surface area contributed by atoms with Crippen molar-refractivity contribution in [3.05, 3.63) is 119 Å². The van der Waals surface area contributed by atoms with Crippen molar-refractivity contribution in [3.63, 3.8) is 0 Å². The first-order valence-corrected chi connectivity index (χ1v) is 14.4. The number of anilines is 2. The van der Waals surface area contributed by atoms with Crippen LogP contribution < -0.4 is 9.62 Å². The Morgan fingerprint density at radius 2 is 1.54 bits per heavy atom. The number of benzene rings is 4. The number of halogens is 4. The van der Waals surface area contributed by atoms with Gasteiger partial charge in [-0.05, 0) is 60.2 Å². The summed E-state index contributed by atoms with van der Waals surface area (Å²) in [5.74, 6) is -0.130. The Morgan fingerprint density at radius 1 is 0.872 bits per heavy atom. The molecule has 0 saturated heterocycles. The van der Waals surface area contributed by atoms with Crippen LogP contribution in [-0.4, -0.2) is 20.9 Å². The topological polar surface area (TPSA) is 66.5 Å². The van der Waals surface area contributed by atoms with Crippen LogP contribution in [0.5, 0.6) is 0 Å². The fourth-order valence-corrected chi connectivity index (χ4v) is 6.15. The highest BCUT2D eigenvalue weighted by Crippen LogP contribution is 2.34. The summed E-state index contributed by atoms with van der Waals surface area (Å²) in [6.45, 7) is -0.741. The minimum atomic E-state index is -4.69. The lowest BCUT2D eigenvalue weighted by Crippen LogP contribution is -2.38. The molecule has 0 spiro atoms. The summed E-state index contributed by atoms with van der Waals surface area (Å²) in [5, 5.41) is 3.33. The highest BCUT2D eigenvalue weighted by molar-refractivity contribution is 7.98. The second-order valence-electron chi connectivity index (χ2n) is 8.33. The van der Waals surface area contributed by atoms with E-state index in [0.717, 1.165) is 22.6 Å². The number of amides is 1. The number of alkyl halides is 3. The molecule has 0 atom stereocenters. The number of hydrogen-bond acceptors (Lipinski definition) is 4. The molecule has 4 aromatic carbocycles. The van der Waals surface area contributed by atoms with Crippen LogP contribution in [0.4, 0.5) is 24.5 Å². The van der Waals surface area contributed by atoms with Gasteiger partial charge in [-0.2, -0.15) is 13.2 Å². The number of hydrogen-bond donors (Lipinski definition) is 1. The van der Waals surface area contributed by atoms with Crippen LogP contribution in [0.2, 0.25) is 5.02 Å². The van der Waals surface area contributed by atoms with Gasteiger partial charge in [0.25, 0.3) is 10.0 Å². The van der Waals surface area contributed by atoms with Gasteiger partial charge < -0.3 is 5.32 Å². The lowest BCUT2D eigenvalue weighted by atomic mass is 10.2. The fourth-order valence-electron chi connectivity index (χ4n) is 3.63. The smallest absolute Gasteiger partial charge is 0.323 e. The molecule has 0 aromatic heterocycles. The van der Waals surface area contributed by atoms with Crippen LogP contribution in [0.1, 0.15) is 11.1 Å². The van der Waals surface area contributed by atoms with Gasteiger partial charge in [-0.15, -0.1) is 11.8 Å². The number of nitrogens with one attached hydrogen (secondary N) is 1. The molecule has 0 aliphatic carbocycles. The van der Waals surface area contributed by atoms with E-state index in [1.54, 1.807) is 36.4 Å². The average Bonchev–Trinajstić information content (AvgIpc) is 2.92. The number of para-hydroxylation sites is 1. The molecule has 0 heterocycles. The number of nitrogens with zero attached hydrogens (tertiary/aromatic N) is 1. The average molecular weight is 591 g/mol. The zero-order valence-corrected chi connectivity index (χ0v) is 22.6. The first-order chi connectivity index (χ1) is 18.5. The van der Waals surface area contributed by atoms with Gasteiger partial charge in [0, 0.05) is 15.7 Å². The molecule has 11 heteroatoms. The second-order valence-corrected chi connectivity index (χ2v) is 11.6. The molecule has 4 aromatic rings. The normalized spacial score (nSPS) is 11.7. The lowest BCUT2D eigenvalue weighted by Gasteiger charge is -2.25. The molecular weight excluding hydrogens is 569 g/mol. The molecule has 0 aliphatic heterocycles. The quantitative estimate of drug-likeness (QED) is 0.205. The van der Waals surface area contributed by atoms with Crippen molar-refractivity contribution in [2.75, 3.05) is 16.2 Å². The Bertz CT molecular complexity index is 1550. The van der Waals surface area contributed by atoms with Gasteiger partial charge in [-0.25, -0.2) is 8.42 Å². The SMILES string of the molecule is O=C(CN(c1cccc(C(F)(F)F)c1)S(=O)(=O)c1ccccc1)Nc1ccccc1SCc1ccc(Cl)cc1. The van der Waals surface area contributed by atoms with Crippen LogP contribution in [0.3, 0.4) is 0 Å². The molecule has 4 rings (SSSR count). The maximum absolute atomic E-state index is 13.5. The van der Waals surface area contributed by atoms with Crippen LogP contribution in [-0.2, 0) is 26.7 Å². The van der Waals surface area contributed by atoms with E-state index >= 15 is 0 Å². The molecule has 1 N–H and O–H groups in total. The number of sulfonamides is 1. The van der Waals surface area contributed by atoms with Gasteiger partial charge in [0.2, 0.25) is 5.91 Å². The zero-order valence-electron chi connectivity index (χ0n) is 20.2. The third-order valence-electron chi connectivity index (χ3n) is 5.55. The summed E-state index contributed by atoms with van der Waals surface area (Å²) in [7, 11) is -4.37. The van der Waals surface area contributed by atoms with Gasteiger partial charge in [0.15, 0.2) is 0 Å². The van der Waals surface area contributed by atoms with Crippen LogP contribution in [0.15, 0.2) is 113 Å². The zero-order chi connectivity index (χ0) is 28.0. The third kappa shape index (κ3) is 7.35. The van der Waals surface area contributed by atoms with Crippen molar-refractivity contribution in [2.45, 2.75) is 21.7 Å². The first-order valence-electron chi connectivity index (χ1n) is 11.6. The van der Waals surface area contributed by atoms with E-state index in [1.165, 1.54) is 42.1 Å². The number of carbonyl (C=O) groups excluding carboxylic acids is 1. The predicted octanol–water partition coefficient (Wildman–Crippen LogP) is 7.49. The third-order valence-corrected chi connectivity index (χ3v) is 8.73. The second kappa shape index (κ2) is 12.1. The van der Waals surface area contributed by atoms with Crippen molar-refractivity contribution in [2.24, 2.45) is 0 Å². The van der Waals surface area contributed by atoms with E-state index in [1.807, 2.05) is 18.2 Å². The van der Waals surface area contributed by atoms with Crippen molar-refractivity contribution in [3.8, 4) is 0 Å². The molecule has 39 heavy (non-hydrogen) atoms. The van der Waals surface area contributed by atoms with Crippen LogP contribution in [0, 0.1) is 0 Å². The maximum atomic E-state index is 13.5. The van der Waals surface area contributed by atoms with Crippen molar-refractivity contribution < 1.29 is 26.4 Å².